The minimum absolute atomic E-state index is 0.0278. The van der Waals surface area contributed by atoms with Gasteiger partial charge in [0.25, 0.3) is 0 Å². The lowest BCUT2D eigenvalue weighted by Crippen LogP contribution is -2.56. The molecule has 1 saturated heterocycles. The third-order valence-electron chi connectivity index (χ3n) is 4.56. The molecule has 0 radical (unpaired) electrons. The van der Waals surface area contributed by atoms with Crippen LogP contribution in [0.3, 0.4) is 0 Å². The molecule has 1 unspecified atom stereocenters. The second-order valence-corrected chi connectivity index (χ2v) is 6.41. The first kappa shape index (κ1) is 16.5. The molecule has 1 heterocycles. The van der Waals surface area contributed by atoms with E-state index in [1.807, 2.05) is 18.2 Å². The average molecular weight is 325 g/mol. The standard InChI is InChI=1S/C19H23N3O2/c1-21(2)18(23)12-17-19(24)20-10-11-22(17)13-15-8-5-7-14-6-3-4-9-16(14)15/h3-9,17H,10-13H2,1-2H3,(H,20,24). The fourth-order valence-corrected chi connectivity index (χ4v) is 3.17. The van der Waals surface area contributed by atoms with E-state index >= 15 is 0 Å². The van der Waals surface area contributed by atoms with E-state index in [1.54, 1.807) is 14.1 Å². The molecule has 24 heavy (non-hydrogen) atoms. The molecule has 2 aromatic rings. The zero-order valence-corrected chi connectivity index (χ0v) is 14.2. The zero-order valence-electron chi connectivity index (χ0n) is 14.2. The molecule has 1 N–H and O–H groups in total. The van der Waals surface area contributed by atoms with Gasteiger partial charge in [0, 0.05) is 33.7 Å². The Bertz CT molecular complexity index is 752. The van der Waals surface area contributed by atoms with Gasteiger partial charge in [-0.2, -0.15) is 0 Å². The molecule has 2 amide bonds. The summed E-state index contributed by atoms with van der Waals surface area (Å²) in [5.74, 6) is -0.0864. The molecule has 2 aromatic carbocycles. The summed E-state index contributed by atoms with van der Waals surface area (Å²) in [6.07, 6.45) is 0.212. The lowest BCUT2D eigenvalue weighted by atomic mass is 10.0. The fourth-order valence-electron chi connectivity index (χ4n) is 3.17. The van der Waals surface area contributed by atoms with E-state index in [9.17, 15) is 9.59 Å². The number of benzene rings is 2. The van der Waals surface area contributed by atoms with Crippen LogP contribution in [0.25, 0.3) is 10.8 Å². The van der Waals surface area contributed by atoms with Crippen molar-refractivity contribution in [2.75, 3.05) is 27.2 Å². The number of rotatable bonds is 4. The summed E-state index contributed by atoms with van der Waals surface area (Å²) in [6, 6.07) is 14.1. The normalized spacial score (nSPS) is 18.4. The van der Waals surface area contributed by atoms with E-state index in [2.05, 4.69) is 34.5 Å². The maximum atomic E-state index is 12.3. The van der Waals surface area contributed by atoms with Crippen molar-refractivity contribution >= 4 is 22.6 Å². The Morgan fingerprint density at radius 2 is 1.96 bits per heavy atom. The molecule has 1 aliphatic rings. The molecule has 1 aliphatic heterocycles. The van der Waals surface area contributed by atoms with Crippen LogP contribution in [0.1, 0.15) is 12.0 Å². The summed E-state index contributed by atoms with van der Waals surface area (Å²) in [4.78, 5) is 28.0. The van der Waals surface area contributed by atoms with Crippen LogP contribution in [-0.4, -0.2) is 54.8 Å². The smallest absolute Gasteiger partial charge is 0.237 e. The molecular weight excluding hydrogens is 302 g/mol. The number of hydrogen-bond donors (Lipinski definition) is 1. The first-order valence-electron chi connectivity index (χ1n) is 8.25. The van der Waals surface area contributed by atoms with Crippen LogP contribution in [-0.2, 0) is 16.1 Å². The maximum absolute atomic E-state index is 12.3. The van der Waals surface area contributed by atoms with E-state index in [4.69, 9.17) is 0 Å². The molecule has 0 aromatic heterocycles. The number of hydrogen-bond acceptors (Lipinski definition) is 3. The van der Waals surface area contributed by atoms with Gasteiger partial charge in [-0.15, -0.1) is 0 Å². The first-order chi connectivity index (χ1) is 11.6. The number of piperazine rings is 1. The van der Waals surface area contributed by atoms with Gasteiger partial charge in [0.2, 0.25) is 11.8 Å². The Morgan fingerprint density at radius 3 is 2.75 bits per heavy atom. The summed E-state index contributed by atoms with van der Waals surface area (Å²) in [5.41, 5.74) is 1.19. The number of amides is 2. The second-order valence-electron chi connectivity index (χ2n) is 6.41. The summed E-state index contributed by atoms with van der Waals surface area (Å²) < 4.78 is 0. The molecular formula is C19H23N3O2. The lowest BCUT2D eigenvalue weighted by molar-refractivity contribution is -0.137. The monoisotopic (exact) mass is 325 g/mol. The topological polar surface area (TPSA) is 52.7 Å². The van der Waals surface area contributed by atoms with Gasteiger partial charge in [-0.25, -0.2) is 0 Å². The van der Waals surface area contributed by atoms with Crippen molar-refractivity contribution in [3.63, 3.8) is 0 Å². The third-order valence-corrected chi connectivity index (χ3v) is 4.56. The van der Waals surface area contributed by atoms with Crippen molar-refractivity contribution in [1.82, 2.24) is 15.1 Å². The van der Waals surface area contributed by atoms with Gasteiger partial charge < -0.3 is 10.2 Å². The van der Waals surface area contributed by atoms with Crippen molar-refractivity contribution in [2.45, 2.75) is 19.0 Å². The van der Waals surface area contributed by atoms with Crippen LogP contribution in [0.5, 0.6) is 0 Å². The molecule has 1 atom stereocenters. The Kier molecular flexibility index (Phi) is 4.81. The summed E-state index contributed by atoms with van der Waals surface area (Å²) in [5, 5.41) is 5.27. The molecule has 0 aliphatic carbocycles. The predicted octanol–water partition coefficient (Wildman–Crippen LogP) is 1.62. The minimum atomic E-state index is -0.410. The van der Waals surface area contributed by atoms with Crippen LogP contribution >= 0.6 is 0 Å². The highest BCUT2D eigenvalue weighted by molar-refractivity contribution is 5.89. The SMILES string of the molecule is CN(C)C(=O)CC1C(=O)NCCN1Cc1cccc2ccccc12. The molecule has 126 valence electrons. The highest BCUT2D eigenvalue weighted by Crippen LogP contribution is 2.22. The zero-order chi connectivity index (χ0) is 17.1. The Labute approximate surface area is 142 Å². The predicted molar refractivity (Wildman–Crippen MR) is 94.5 cm³/mol. The highest BCUT2D eigenvalue weighted by atomic mass is 16.2. The van der Waals surface area contributed by atoms with E-state index in [0.717, 1.165) is 6.54 Å². The van der Waals surface area contributed by atoms with Crippen molar-refractivity contribution in [3.8, 4) is 0 Å². The average Bonchev–Trinajstić information content (AvgIpc) is 2.58. The maximum Gasteiger partial charge on any atom is 0.237 e. The van der Waals surface area contributed by atoms with Gasteiger partial charge in [0.1, 0.15) is 0 Å². The van der Waals surface area contributed by atoms with Gasteiger partial charge in [0.15, 0.2) is 0 Å². The molecule has 3 rings (SSSR count). The van der Waals surface area contributed by atoms with Gasteiger partial charge in [-0.1, -0.05) is 42.5 Å². The van der Waals surface area contributed by atoms with Crippen molar-refractivity contribution < 1.29 is 9.59 Å². The fraction of sp³-hybridized carbons (Fsp3) is 0.368. The van der Waals surface area contributed by atoms with Gasteiger partial charge in [-0.3, -0.25) is 14.5 Å². The van der Waals surface area contributed by atoms with E-state index in [0.29, 0.717) is 13.1 Å². The van der Waals surface area contributed by atoms with Crippen molar-refractivity contribution in [2.24, 2.45) is 0 Å². The number of fused-ring (bicyclic) bond motifs is 1. The third kappa shape index (κ3) is 3.41. The molecule has 0 bridgehead atoms. The number of nitrogens with one attached hydrogen (secondary N) is 1. The number of carbonyl (C=O) groups excluding carboxylic acids is 2. The number of carbonyl (C=O) groups is 2. The van der Waals surface area contributed by atoms with Gasteiger partial charge in [-0.05, 0) is 16.3 Å². The summed E-state index contributed by atoms with van der Waals surface area (Å²) in [6.45, 7) is 2.04. The van der Waals surface area contributed by atoms with Crippen LogP contribution in [0.15, 0.2) is 42.5 Å². The van der Waals surface area contributed by atoms with Crippen molar-refractivity contribution in [3.05, 3.63) is 48.0 Å². The molecule has 0 saturated carbocycles. The van der Waals surface area contributed by atoms with Gasteiger partial charge in [0.05, 0.1) is 12.5 Å². The minimum Gasteiger partial charge on any atom is -0.353 e. The van der Waals surface area contributed by atoms with E-state index < -0.39 is 6.04 Å². The van der Waals surface area contributed by atoms with Gasteiger partial charge >= 0.3 is 0 Å². The summed E-state index contributed by atoms with van der Waals surface area (Å²) in [7, 11) is 3.44. The first-order valence-corrected chi connectivity index (χ1v) is 8.25. The van der Waals surface area contributed by atoms with E-state index in [1.165, 1.54) is 21.2 Å². The molecule has 5 heteroatoms. The number of nitrogens with zero attached hydrogens (tertiary/aromatic N) is 2. The van der Waals surface area contributed by atoms with Crippen LogP contribution < -0.4 is 5.32 Å². The molecule has 1 fully saturated rings. The second kappa shape index (κ2) is 7.01. The van der Waals surface area contributed by atoms with Crippen molar-refractivity contribution in [1.29, 1.82) is 0 Å². The van der Waals surface area contributed by atoms with Crippen LogP contribution in [0.4, 0.5) is 0 Å². The summed E-state index contributed by atoms with van der Waals surface area (Å²) >= 11 is 0. The van der Waals surface area contributed by atoms with E-state index in [-0.39, 0.29) is 18.2 Å². The highest BCUT2D eigenvalue weighted by Gasteiger charge is 2.32. The largest absolute Gasteiger partial charge is 0.353 e. The Balaban J connectivity index is 1.85. The quantitative estimate of drug-likeness (QED) is 0.929. The molecule has 5 nitrogen and oxygen atoms in total. The van der Waals surface area contributed by atoms with Crippen LogP contribution in [0, 0.1) is 0 Å². The Morgan fingerprint density at radius 1 is 1.21 bits per heavy atom. The molecule has 0 spiro atoms. The van der Waals surface area contributed by atoms with Crippen LogP contribution in [0.2, 0.25) is 0 Å². The lowest BCUT2D eigenvalue weighted by Gasteiger charge is -2.35. The Hall–Kier alpha value is -2.40.